The minimum Gasteiger partial charge on any atom is -0.338 e. The van der Waals surface area contributed by atoms with Crippen LogP contribution in [0.2, 0.25) is 0 Å². The summed E-state index contributed by atoms with van der Waals surface area (Å²) in [6.07, 6.45) is 10.1. The van der Waals surface area contributed by atoms with Crippen molar-refractivity contribution >= 4 is 0 Å². The van der Waals surface area contributed by atoms with Crippen molar-refractivity contribution in [1.29, 1.82) is 0 Å². The van der Waals surface area contributed by atoms with Gasteiger partial charge in [-0.25, -0.2) is 0 Å². The van der Waals surface area contributed by atoms with Crippen molar-refractivity contribution in [3.05, 3.63) is 11.7 Å². The Morgan fingerprint density at radius 1 is 1.05 bits per heavy atom. The first-order valence-electron chi connectivity index (χ1n) is 8.87. The molecule has 21 heavy (non-hydrogen) atoms. The molecule has 4 heteroatoms. The van der Waals surface area contributed by atoms with Crippen molar-refractivity contribution in [2.24, 2.45) is 11.8 Å². The molecule has 0 radical (unpaired) electrons. The summed E-state index contributed by atoms with van der Waals surface area (Å²) in [6.45, 7) is 5.65. The summed E-state index contributed by atoms with van der Waals surface area (Å²) in [4.78, 5) is 4.74. The van der Waals surface area contributed by atoms with Crippen molar-refractivity contribution in [2.75, 3.05) is 6.54 Å². The Balaban J connectivity index is 1.61. The summed E-state index contributed by atoms with van der Waals surface area (Å²) >= 11 is 0. The van der Waals surface area contributed by atoms with Crippen molar-refractivity contribution in [3.63, 3.8) is 0 Å². The van der Waals surface area contributed by atoms with E-state index in [0.29, 0.717) is 5.92 Å². The third-order valence-corrected chi connectivity index (χ3v) is 5.63. The van der Waals surface area contributed by atoms with E-state index >= 15 is 0 Å². The highest BCUT2D eigenvalue weighted by Crippen LogP contribution is 2.36. The Labute approximate surface area is 128 Å². The number of hydrogen-bond acceptors (Lipinski definition) is 4. The molecule has 3 rings (SSSR count). The zero-order valence-corrected chi connectivity index (χ0v) is 13.5. The van der Waals surface area contributed by atoms with Crippen LogP contribution in [0.4, 0.5) is 0 Å². The zero-order valence-electron chi connectivity index (χ0n) is 13.5. The number of piperidine rings is 1. The van der Waals surface area contributed by atoms with Crippen LogP contribution in [0.1, 0.15) is 88.9 Å². The number of hydrogen-bond donors (Lipinski definition) is 1. The van der Waals surface area contributed by atoms with Crippen molar-refractivity contribution in [2.45, 2.75) is 77.2 Å². The second-order valence-electron chi connectivity index (χ2n) is 6.92. The van der Waals surface area contributed by atoms with Gasteiger partial charge in [0.15, 0.2) is 5.82 Å². The van der Waals surface area contributed by atoms with E-state index in [9.17, 15) is 0 Å². The molecule has 4 nitrogen and oxygen atoms in total. The maximum atomic E-state index is 5.58. The Hall–Kier alpha value is -0.900. The predicted octanol–water partition coefficient (Wildman–Crippen LogP) is 4.20. The molecule has 0 amide bonds. The smallest absolute Gasteiger partial charge is 0.243 e. The molecule has 118 valence electrons. The van der Waals surface area contributed by atoms with Gasteiger partial charge in [-0.15, -0.1) is 0 Å². The van der Waals surface area contributed by atoms with Crippen LogP contribution in [-0.4, -0.2) is 16.7 Å². The van der Waals surface area contributed by atoms with E-state index in [2.05, 4.69) is 24.3 Å². The van der Waals surface area contributed by atoms with Gasteiger partial charge in [0.1, 0.15) is 0 Å². The van der Waals surface area contributed by atoms with E-state index in [1.165, 1.54) is 44.9 Å². The maximum absolute atomic E-state index is 5.58. The standard InChI is InChI=1S/C17H29N3O/c1-3-12-5-7-14(8-6-12)16-19-17(21-20-16)15-11-13(4-2)9-10-18-15/h12-15,18H,3-11H2,1-2H3. The van der Waals surface area contributed by atoms with Crippen molar-refractivity contribution in [3.8, 4) is 0 Å². The molecule has 1 saturated carbocycles. The number of aromatic nitrogens is 2. The summed E-state index contributed by atoms with van der Waals surface area (Å²) in [5.41, 5.74) is 0. The molecule has 1 aliphatic carbocycles. The summed E-state index contributed by atoms with van der Waals surface area (Å²) in [5, 5.41) is 7.83. The SMILES string of the molecule is CCC1CCC(c2noc(C3CC(CC)CCN3)n2)CC1. The van der Waals surface area contributed by atoms with Crippen LogP contribution < -0.4 is 5.32 Å². The van der Waals surface area contributed by atoms with Gasteiger partial charge in [0.25, 0.3) is 0 Å². The van der Waals surface area contributed by atoms with Crippen LogP contribution in [-0.2, 0) is 0 Å². The Kier molecular flexibility index (Phi) is 4.94. The van der Waals surface area contributed by atoms with Gasteiger partial charge in [0.05, 0.1) is 6.04 Å². The molecule has 2 unspecified atom stereocenters. The van der Waals surface area contributed by atoms with E-state index in [1.807, 2.05) is 0 Å². The second-order valence-corrected chi connectivity index (χ2v) is 6.92. The molecule has 0 aromatic carbocycles. The number of rotatable bonds is 4. The zero-order chi connectivity index (χ0) is 14.7. The summed E-state index contributed by atoms with van der Waals surface area (Å²) < 4.78 is 5.58. The third kappa shape index (κ3) is 3.47. The topological polar surface area (TPSA) is 51.0 Å². The van der Waals surface area contributed by atoms with Gasteiger partial charge in [-0.3, -0.25) is 0 Å². The van der Waals surface area contributed by atoms with Gasteiger partial charge in [-0.05, 0) is 56.9 Å². The fraction of sp³-hybridized carbons (Fsp3) is 0.882. The molecule has 1 saturated heterocycles. The number of nitrogens with zero attached hydrogens (tertiary/aromatic N) is 2. The fourth-order valence-electron chi connectivity index (χ4n) is 3.94. The van der Waals surface area contributed by atoms with E-state index in [-0.39, 0.29) is 6.04 Å². The molecule has 0 bridgehead atoms. The lowest BCUT2D eigenvalue weighted by atomic mass is 9.80. The van der Waals surface area contributed by atoms with E-state index in [4.69, 9.17) is 9.51 Å². The minimum atomic E-state index is 0.275. The van der Waals surface area contributed by atoms with E-state index in [1.54, 1.807) is 0 Å². The first-order valence-corrected chi connectivity index (χ1v) is 8.87. The van der Waals surface area contributed by atoms with Gasteiger partial charge in [0, 0.05) is 5.92 Å². The largest absolute Gasteiger partial charge is 0.338 e. The van der Waals surface area contributed by atoms with Crippen molar-refractivity contribution in [1.82, 2.24) is 15.5 Å². The summed E-state index contributed by atoms with van der Waals surface area (Å²) in [5.74, 6) is 4.01. The minimum absolute atomic E-state index is 0.275. The number of nitrogens with one attached hydrogen (secondary N) is 1. The van der Waals surface area contributed by atoms with Gasteiger partial charge in [-0.2, -0.15) is 4.98 Å². The molecule has 1 aromatic heterocycles. The monoisotopic (exact) mass is 291 g/mol. The molecular formula is C17H29N3O. The van der Waals surface area contributed by atoms with Crippen LogP contribution in [0.5, 0.6) is 0 Å². The van der Waals surface area contributed by atoms with Gasteiger partial charge in [-0.1, -0.05) is 31.8 Å². The molecular weight excluding hydrogens is 262 g/mol. The van der Waals surface area contributed by atoms with Crippen LogP contribution >= 0.6 is 0 Å². The first-order chi connectivity index (χ1) is 10.3. The quantitative estimate of drug-likeness (QED) is 0.903. The van der Waals surface area contributed by atoms with Gasteiger partial charge in [0.2, 0.25) is 5.89 Å². The van der Waals surface area contributed by atoms with Gasteiger partial charge >= 0.3 is 0 Å². The normalized spacial score (nSPS) is 34.0. The lowest BCUT2D eigenvalue weighted by molar-refractivity contribution is 0.244. The average molecular weight is 291 g/mol. The third-order valence-electron chi connectivity index (χ3n) is 5.63. The molecule has 1 N–H and O–H groups in total. The molecule has 2 heterocycles. The molecule has 2 fully saturated rings. The van der Waals surface area contributed by atoms with Crippen molar-refractivity contribution < 1.29 is 4.52 Å². The predicted molar refractivity (Wildman–Crippen MR) is 83.0 cm³/mol. The highest BCUT2D eigenvalue weighted by Gasteiger charge is 2.29. The van der Waals surface area contributed by atoms with Crippen LogP contribution in [0.15, 0.2) is 4.52 Å². The van der Waals surface area contributed by atoms with Crippen LogP contribution in [0, 0.1) is 11.8 Å². The second kappa shape index (κ2) is 6.91. The highest BCUT2D eigenvalue weighted by atomic mass is 16.5. The highest BCUT2D eigenvalue weighted by molar-refractivity contribution is 5.01. The Morgan fingerprint density at radius 3 is 2.52 bits per heavy atom. The average Bonchev–Trinajstić information content (AvgIpc) is 3.05. The fourth-order valence-corrected chi connectivity index (χ4v) is 3.94. The maximum Gasteiger partial charge on any atom is 0.243 e. The van der Waals surface area contributed by atoms with Crippen LogP contribution in [0.25, 0.3) is 0 Å². The molecule has 2 atom stereocenters. The first kappa shape index (κ1) is 15.0. The van der Waals surface area contributed by atoms with Crippen LogP contribution in [0.3, 0.4) is 0 Å². The summed E-state index contributed by atoms with van der Waals surface area (Å²) in [6, 6.07) is 0.275. The lowest BCUT2D eigenvalue weighted by Gasteiger charge is -2.27. The molecule has 1 aliphatic heterocycles. The molecule has 1 aromatic rings. The summed E-state index contributed by atoms with van der Waals surface area (Å²) in [7, 11) is 0. The Morgan fingerprint density at radius 2 is 1.81 bits per heavy atom. The Bertz CT molecular complexity index is 437. The molecule has 2 aliphatic rings. The van der Waals surface area contributed by atoms with E-state index < -0.39 is 0 Å². The lowest BCUT2D eigenvalue weighted by Crippen LogP contribution is -2.31. The van der Waals surface area contributed by atoms with Gasteiger partial charge < -0.3 is 9.84 Å². The molecule has 0 spiro atoms. The van der Waals surface area contributed by atoms with E-state index in [0.717, 1.165) is 36.5 Å².